The number of anilines is 1. The van der Waals surface area contributed by atoms with Crippen molar-refractivity contribution in [3.63, 3.8) is 0 Å². The topological polar surface area (TPSA) is 75.8 Å². The van der Waals surface area contributed by atoms with Gasteiger partial charge in [-0.05, 0) is 19.4 Å². The Labute approximate surface area is 140 Å². The summed E-state index contributed by atoms with van der Waals surface area (Å²) in [6, 6.07) is 7.93. The molecule has 0 atom stereocenters. The van der Waals surface area contributed by atoms with E-state index in [2.05, 4.69) is 25.9 Å². The molecule has 2 aromatic heterocycles. The number of aromatic nitrogens is 3. The van der Waals surface area contributed by atoms with E-state index < -0.39 is 0 Å². The summed E-state index contributed by atoms with van der Waals surface area (Å²) in [7, 11) is 1.62. The summed E-state index contributed by atoms with van der Waals surface area (Å²) in [4.78, 5) is 8.58. The summed E-state index contributed by atoms with van der Waals surface area (Å²) >= 11 is 0. The van der Waals surface area contributed by atoms with Crippen LogP contribution >= 0.6 is 0 Å². The average Bonchev–Trinajstić information content (AvgIpc) is 3.02. The van der Waals surface area contributed by atoms with Gasteiger partial charge in [0.25, 0.3) is 0 Å². The van der Waals surface area contributed by atoms with E-state index in [4.69, 9.17) is 4.74 Å². The molecule has 0 aliphatic carbocycles. The van der Waals surface area contributed by atoms with Crippen molar-refractivity contribution < 1.29 is 4.74 Å². The number of hydrogen-bond acceptors (Lipinski definition) is 5. The second kappa shape index (κ2) is 7.01. The van der Waals surface area contributed by atoms with Crippen LogP contribution < -0.4 is 10.1 Å². The van der Waals surface area contributed by atoms with Crippen molar-refractivity contribution in [2.24, 2.45) is 0 Å². The van der Waals surface area contributed by atoms with Crippen molar-refractivity contribution in [3.05, 3.63) is 48.2 Å². The van der Waals surface area contributed by atoms with E-state index in [0.29, 0.717) is 11.3 Å². The second-order valence-corrected chi connectivity index (χ2v) is 5.46. The number of nitrogens with one attached hydrogen (secondary N) is 1. The first-order valence-electron chi connectivity index (χ1n) is 7.82. The Morgan fingerprint density at radius 1 is 1.33 bits per heavy atom. The number of imidazole rings is 1. The average molecular weight is 321 g/mol. The smallest absolute Gasteiger partial charge is 0.145 e. The fraction of sp³-hybridized carbons (Fsp3) is 0.278. The molecule has 1 aromatic carbocycles. The molecule has 122 valence electrons. The third-order valence-corrected chi connectivity index (χ3v) is 4.00. The first-order chi connectivity index (χ1) is 11.7. The molecule has 1 N–H and O–H groups in total. The summed E-state index contributed by atoms with van der Waals surface area (Å²) in [6.07, 6.45) is 6.30. The van der Waals surface area contributed by atoms with Crippen molar-refractivity contribution in [3.8, 4) is 11.8 Å². The highest BCUT2D eigenvalue weighted by atomic mass is 16.5. The summed E-state index contributed by atoms with van der Waals surface area (Å²) in [5.41, 5.74) is 2.10. The van der Waals surface area contributed by atoms with Gasteiger partial charge in [0.1, 0.15) is 23.2 Å². The van der Waals surface area contributed by atoms with Crippen molar-refractivity contribution in [1.29, 1.82) is 5.26 Å². The molecule has 0 unspecified atom stereocenters. The first-order valence-corrected chi connectivity index (χ1v) is 7.82. The van der Waals surface area contributed by atoms with Gasteiger partial charge in [-0.1, -0.05) is 12.1 Å². The number of benzene rings is 1. The highest BCUT2D eigenvalue weighted by molar-refractivity contribution is 5.97. The van der Waals surface area contributed by atoms with Crippen LogP contribution in [0.4, 0.5) is 5.69 Å². The minimum atomic E-state index is 0.537. The molecule has 0 aliphatic heterocycles. The molecular weight excluding hydrogens is 302 g/mol. The molecule has 0 radical (unpaired) electrons. The SMILES string of the molecule is COc1cccc2c(NCCCn3ccnc3C)c(C#N)cnc12. The van der Waals surface area contributed by atoms with E-state index in [0.717, 1.165) is 41.9 Å². The van der Waals surface area contributed by atoms with Crippen LogP contribution in [0.1, 0.15) is 17.8 Å². The maximum absolute atomic E-state index is 9.37. The number of methoxy groups -OCH3 is 1. The van der Waals surface area contributed by atoms with Crippen LogP contribution in [-0.2, 0) is 6.54 Å². The summed E-state index contributed by atoms with van der Waals surface area (Å²) in [6.45, 7) is 3.62. The Bertz CT molecular complexity index is 894. The molecule has 3 aromatic rings. The molecule has 3 rings (SSSR count). The number of nitrogens with zero attached hydrogens (tertiary/aromatic N) is 4. The van der Waals surface area contributed by atoms with Crippen molar-refractivity contribution in [1.82, 2.24) is 14.5 Å². The lowest BCUT2D eigenvalue weighted by Crippen LogP contribution is -2.09. The highest BCUT2D eigenvalue weighted by Gasteiger charge is 2.11. The van der Waals surface area contributed by atoms with E-state index in [-0.39, 0.29) is 0 Å². The van der Waals surface area contributed by atoms with Gasteiger partial charge in [0.15, 0.2) is 0 Å². The molecule has 0 fully saturated rings. The fourth-order valence-corrected chi connectivity index (χ4v) is 2.74. The van der Waals surface area contributed by atoms with E-state index in [1.54, 1.807) is 19.5 Å². The van der Waals surface area contributed by atoms with Gasteiger partial charge < -0.3 is 14.6 Å². The Balaban J connectivity index is 1.80. The quantitative estimate of drug-likeness (QED) is 0.706. The van der Waals surface area contributed by atoms with Crippen molar-refractivity contribution >= 4 is 16.6 Å². The summed E-state index contributed by atoms with van der Waals surface area (Å²) in [5.74, 6) is 1.71. The number of hydrogen-bond donors (Lipinski definition) is 1. The zero-order valence-electron chi connectivity index (χ0n) is 13.8. The lowest BCUT2D eigenvalue weighted by molar-refractivity contribution is 0.419. The van der Waals surface area contributed by atoms with Crippen LogP contribution in [0, 0.1) is 18.3 Å². The second-order valence-electron chi connectivity index (χ2n) is 5.46. The number of pyridine rings is 1. The Hall–Kier alpha value is -3.07. The number of para-hydroxylation sites is 1. The third-order valence-electron chi connectivity index (χ3n) is 4.00. The van der Waals surface area contributed by atoms with Crippen LogP contribution in [0.3, 0.4) is 0 Å². The Kier molecular flexibility index (Phi) is 4.62. The number of nitriles is 1. The van der Waals surface area contributed by atoms with Crippen LogP contribution in [-0.4, -0.2) is 28.2 Å². The van der Waals surface area contributed by atoms with Gasteiger partial charge in [0, 0.05) is 37.1 Å². The molecule has 0 saturated carbocycles. The molecule has 0 amide bonds. The zero-order valence-corrected chi connectivity index (χ0v) is 13.8. The molecule has 0 bridgehead atoms. The molecular formula is C18H19N5O. The number of fused-ring (bicyclic) bond motifs is 1. The molecule has 0 aliphatic rings. The molecule has 0 spiro atoms. The van der Waals surface area contributed by atoms with Crippen LogP contribution in [0.2, 0.25) is 0 Å². The normalized spacial score (nSPS) is 10.5. The van der Waals surface area contributed by atoms with Gasteiger partial charge >= 0.3 is 0 Å². The number of aryl methyl sites for hydroxylation is 2. The first kappa shape index (κ1) is 15.8. The van der Waals surface area contributed by atoms with Crippen molar-refractivity contribution in [2.45, 2.75) is 19.9 Å². The largest absolute Gasteiger partial charge is 0.494 e. The molecule has 0 saturated heterocycles. The van der Waals surface area contributed by atoms with Gasteiger partial charge in [-0.3, -0.25) is 4.98 Å². The van der Waals surface area contributed by atoms with E-state index in [9.17, 15) is 5.26 Å². The standard InChI is InChI=1S/C18H19N5O/c1-13-20-8-10-23(13)9-4-7-21-17-14(11-19)12-22-18-15(17)5-3-6-16(18)24-2/h3,5-6,8,10,12H,4,7,9H2,1-2H3,(H,21,22). The number of ether oxygens (including phenoxy) is 1. The lowest BCUT2D eigenvalue weighted by atomic mass is 10.1. The maximum atomic E-state index is 9.37. The minimum Gasteiger partial charge on any atom is -0.494 e. The predicted molar refractivity (Wildman–Crippen MR) is 93.1 cm³/mol. The molecule has 6 nitrogen and oxygen atoms in total. The molecule has 24 heavy (non-hydrogen) atoms. The molecule has 2 heterocycles. The van der Waals surface area contributed by atoms with Gasteiger partial charge in [-0.2, -0.15) is 5.26 Å². The van der Waals surface area contributed by atoms with Gasteiger partial charge in [-0.25, -0.2) is 4.98 Å². The van der Waals surface area contributed by atoms with E-state index in [1.807, 2.05) is 31.3 Å². The van der Waals surface area contributed by atoms with Gasteiger partial charge in [0.05, 0.1) is 18.4 Å². The van der Waals surface area contributed by atoms with Crippen LogP contribution in [0.5, 0.6) is 5.75 Å². The Morgan fingerprint density at radius 3 is 2.92 bits per heavy atom. The maximum Gasteiger partial charge on any atom is 0.145 e. The fourth-order valence-electron chi connectivity index (χ4n) is 2.74. The van der Waals surface area contributed by atoms with Crippen molar-refractivity contribution in [2.75, 3.05) is 19.0 Å². The van der Waals surface area contributed by atoms with Crippen LogP contribution in [0.25, 0.3) is 10.9 Å². The van der Waals surface area contributed by atoms with E-state index in [1.165, 1.54) is 0 Å². The Morgan fingerprint density at radius 2 is 2.21 bits per heavy atom. The van der Waals surface area contributed by atoms with Gasteiger partial charge in [-0.15, -0.1) is 0 Å². The van der Waals surface area contributed by atoms with Crippen LogP contribution in [0.15, 0.2) is 36.8 Å². The summed E-state index contributed by atoms with van der Waals surface area (Å²) in [5, 5.41) is 13.7. The lowest BCUT2D eigenvalue weighted by Gasteiger charge is -2.13. The third kappa shape index (κ3) is 3.01. The summed E-state index contributed by atoms with van der Waals surface area (Å²) < 4.78 is 7.47. The van der Waals surface area contributed by atoms with Gasteiger partial charge in [0.2, 0.25) is 0 Å². The molecule has 6 heteroatoms. The van der Waals surface area contributed by atoms with E-state index >= 15 is 0 Å². The predicted octanol–water partition coefficient (Wildman–Crippen LogP) is 3.12. The zero-order chi connectivity index (χ0) is 16.9. The number of rotatable bonds is 6. The highest BCUT2D eigenvalue weighted by Crippen LogP contribution is 2.31. The minimum absolute atomic E-state index is 0.537. The monoisotopic (exact) mass is 321 g/mol.